The van der Waals surface area contributed by atoms with Crippen LogP contribution in [-0.2, 0) is 19.9 Å². The lowest BCUT2D eigenvalue weighted by atomic mass is 10.0. The molecule has 0 amide bonds. The third-order valence-corrected chi connectivity index (χ3v) is 3.37. The minimum atomic E-state index is 0.241. The number of nitrogens with zero attached hydrogens (tertiary/aromatic N) is 4. The molecule has 2 aromatic rings. The van der Waals surface area contributed by atoms with Gasteiger partial charge in [0.1, 0.15) is 0 Å². The second-order valence-electron chi connectivity index (χ2n) is 5.00. The number of hydrogen-bond donors (Lipinski definition) is 1. The average molecular weight is 273 g/mol. The highest BCUT2D eigenvalue weighted by Crippen LogP contribution is 2.17. The molecule has 20 heavy (non-hydrogen) atoms. The maximum atomic E-state index is 4.27. The maximum Gasteiger partial charge on any atom is 0.176 e. The van der Waals surface area contributed by atoms with Crippen LogP contribution in [0.3, 0.4) is 0 Å². The summed E-state index contributed by atoms with van der Waals surface area (Å²) >= 11 is 0. The van der Waals surface area contributed by atoms with Crippen LogP contribution in [0.2, 0.25) is 0 Å². The van der Waals surface area contributed by atoms with Crippen molar-refractivity contribution in [3.8, 4) is 0 Å². The van der Waals surface area contributed by atoms with Crippen molar-refractivity contribution in [1.29, 1.82) is 0 Å². The molecule has 1 aromatic carbocycles. The lowest BCUT2D eigenvalue weighted by molar-refractivity contribution is 0.516. The number of rotatable bonds is 7. The molecule has 0 radical (unpaired) electrons. The Kier molecular flexibility index (Phi) is 5.24. The van der Waals surface area contributed by atoms with Crippen molar-refractivity contribution in [2.24, 2.45) is 7.05 Å². The van der Waals surface area contributed by atoms with E-state index in [0.717, 1.165) is 31.6 Å². The largest absolute Gasteiger partial charge is 0.310 e. The van der Waals surface area contributed by atoms with Crippen molar-refractivity contribution in [3.63, 3.8) is 0 Å². The summed E-state index contributed by atoms with van der Waals surface area (Å²) in [5, 5.41) is 15.8. The molecule has 5 nitrogen and oxygen atoms in total. The highest BCUT2D eigenvalue weighted by Gasteiger charge is 2.14. The molecular formula is C15H23N5. The topological polar surface area (TPSA) is 55.6 Å². The van der Waals surface area contributed by atoms with Crippen LogP contribution in [0.25, 0.3) is 0 Å². The van der Waals surface area contributed by atoms with E-state index in [2.05, 4.69) is 58.8 Å². The van der Waals surface area contributed by atoms with E-state index < -0.39 is 0 Å². The molecule has 0 aliphatic rings. The normalized spacial score (nSPS) is 12.6. The fraction of sp³-hybridized carbons (Fsp3) is 0.533. The van der Waals surface area contributed by atoms with Gasteiger partial charge in [-0.05, 0) is 35.7 Å². The molecule has 5 heteroatoms. The SMILES string of the molecule is CCCNC(Cc1nnn(C)n1)c1ccc(CC)cc1. The summed E-state index contributed by atoms with van der Waals surface area (Å²) in [7, 11) is 1.79. The van der Waals surface area contributed by atoms with Crippen molar-refractivity contribution < 1.29 is 0 Å². The molecular weight excluding hydrogens is 250 g/mol. The van der Waals surface area contributed by atoms with Crippen LogP contribution < -0.4 is 5.32 Å². The minimum Gasteiger partial charge on any atom is -0.310 e. The Balaban J connectivity index is 2.12. The Morgan fingerprint density at radius 1 is 1.20 bits per heavy atom. The fourth-order valence-electron chi connectivity index (χ4n) is 2.20. The van der Waals surface area contributed by atoms with E-state index in [4.69, 9.17) is 0 Å². The van der Waals surface area contributed by atoms with E-state index >= 15 is 0 Å². The molecule has 0 fully saturated rings. The Labute approximate surface area is 120 Å². The quantitative estimate of drug-likeness (QED) is 0.839. The zero-order chi connectivity index (χ0) is 14.4. The lowest BCUT2D eigenvalue weighted by Gasteiger charge is -2.17. The van der Waals surface area contributed by atoms with Gasteiger partial charge in [-0.15, -0.1) is 10.2 Å². The van der Waals surface area contributed by atoms with Crippen molar-refractivity contribution in [1.82, 2.24) is 25.5 Å². The van der Waals surface area contributed by atoms with Crippen LogP contribution in [0.4, 0.5) is 0 Å². The second kappa shape index (κ2) is 7.14. The first-order valence-electron chi connectivity index (χ1n) is 7.28. The van der Waals surface area contributed by atoms with Gasteiger partial charge in [-0.25, -0.2) is 0 Å². The molecule has 0 saturated heterocycles. The van der Waals surface area contributed by atoms with Gasteiger partial charge in [0.15, 0.2) is 5.82 Å². The van der Waals surface area contributed by atoms with Gasteiger partial charge in [0.05, 0.1) is 7.05 Å². The highest BCUT2D eigenvalue weighted by molar-refractivity contribution is 5.25. The molecule has 2 rings (SSSR count). The van der Waals surface area contributed by atoms with Crippen LogP contribution in [0.5, 0.6) is 0 Å². The molecule has 1 unspecified atom stereocenters. The fourth-order valence-corrected chi connectivity index (χ4v) is 2.20. The molecule has 0 spiro atoms. The van der Waals surface area contributed by atoms with E-state index in [9.17, 15) is 0 Å². The van der Waals surface area contributed by atoms with Crippen LogP contribution in [0.1, 0.15) is 43.3 Å². The third-order valence-electron chi connectivity index (χ3n) is 3.37. The van der Waals surface area contributed by atoms with Crippen LogP contribution >= 0.6 is 0 Å². The zero-order valence-electron chi connectivity index (χ0n) is 12.5. The van der Waals surface area contributed by atoms with Gasteiger partial charge < -0.3 is 5.32 Å². The Morgan fingerprint density at radius 2 is 1.95 bits per heavy atom. The summed E-state index contributed by atoms with van der Waals surface area (Å²) in [5.41, 5.74) is 2.64. The number of hydrogen-bond acceptors (Lipinski definition) is 4. The van der Waals surface area contributed by atoms with E-state index in [-0.39, 0.29) is 6.04 Å². The number of nitrogens with one attached hydrogen (secondary N) is 1. The molecule has 1 atom stereocenters. The van der Waals surface area contributed by atoms with E-state index in [1.807, 2.05) is 0 Å². The van der Waals surface area contributed by atoms with Crippen molar-refractivity contribution in [2.75, 3.05) is 6.54 Å². The summed E-state index contributed by atoms with van der Waals surface area (Å²) in [6.45, 7) is 5.33. The average Bonchev–Trinajstić information content (AvgIpc) is 2.89. The summed E-state index contributed by atoms with van der Waals surface area (Å²) in [4.78, 5) is 1.51. The summed E-state index contributed by atoms with van der Waals surface area (Å²) in [6.07, 6.45) is 2.94. The van der Waals surface area contributed by atoms with Gasteiger partial charge in [-0.3, -0.25) is 0 Å². The predicted molar refractivity (Wildman–Crippen MR) is 79.4 cm³/mol. The molecule has 0 saturated carbocycles. The van der Waals surface area contributed by atoms with E-state index in [0.29, 0.717) is 0 Å². The van der Waals surface area contributed by atoms with Gasteiger partial charge in [0.25, 0.3) is 0 Å². The van der Waals surface area contributed by atoms with E-state index in [1.165, 1.54) is 15.9 Å². The molecule has 0 aliphatic heterocycles. The van der Waals surface area contributed by atoms with Gasteiger partial charge in [0, 0.05) is 12.5 Å². The molecule has 1 heterocycles. The highest BCUT2D eigenvalue weighted by atomic mass is 15.6. The van der Waals surface area contributed by atoms with Crippen molar-refractivity contribution in [3.05, 3.63) is 41.2 Å². The standard InChI is InChI=1S/C15H23N5/c1-4-10-16-14(11-15-17-19-20(3)18-15)13-8-6-12(5-2)7-9-13/h6-9,14,16H,4-5,10-11H2,1-3H3. The first-order chi connectivity index (χ1) is 9.72. The predicted octanol–water partition coefficient (Wildman–Crippen LogP) is 2.06. The van der Waals surface area contributed by atoms with Gasteiger partial charge in [-0.2, -0.15) is 4.80 Å². The maximum absolute atomic E-state index is 4.27. The second-order valence-corrected chi connectivity index (χ2v) is 5.00. The molecule has 0 aliphatic carbocycles. The number of aryl methyl sites for hydroxylation is 2. The number of aromatic nitrogens is 4. The Bertz CT molecular complexity index is 517. The third kappa shape index (κ3) is 3.87. The monoisotopic (exact) mass is 273 g/mol. The van der Waals surface area contributed by atoms with Crippen molar-refractivity contribution >= 4 is 0 Å². The summed E-state index contributed by atoms with van der Waals surface area (Å²) in [6, 6.07) is 9.02. The Hall–Kier alpha value is -1.75. The lowest BCUT2D eigenvalue weighted by Crippen LogP contribution is -2.24. The van der Waals surface area contributed by atoms with Crippen LogP contribution in [0.15, 0.2) is 24.3 Å². The smallest absolute Gasteiger partial charge is 0.176 e. The van der Waals surface area contributed by atoms with Gasteiger partial charge in [0.2, 0.25) is 0 Å². The van der Waals surface area contributed by atoms with Crippen LogP contribution in [-0.4, -0.2) is 26.8 Å². The van der Waals surface area contributed by atoms with E-state index in [1.54, 1.807) is 7.05 Å². The van der Waals surface area contributed by atoms with Gasteiger partial charge >= 0.3 is 0 Å². The number of tetrazole rings is 1. The van der Waals surface area contributed by atoms with Crippen LogP contribution in [0, 0.1) is 0 Å². The Morgan fingerprint density at radius 3 is 2.50 bits per heavy atom. The molecule has 1 aromatic heterocycles. The molecule has 0 bridgehead atoms. The summed E-state index contributed by atoms with van der Waals surface area (Å²) < 4.78 is 0. The first kappa shape index (κ1) is 14.7. The van der Waals surface area contributed by atoms with Gasteiger partial charge in [-0.1, -0.05) is 38.1 Å². The number of benzene rings is 1. The molecule has 1 N–H and O–H groups in total. The first-order valence-corrected chi connectivity index (χ1v) is 7.28. The molecule has 108 valence electrons. The van der Waals surface area contributed by atoms with Crippen molar-refractivity contribution in [2.45, 2.75) is 39.2 Å². The zero-order valence-corrected chi connectivity index (χ0v) is 12.5. The summed E-state index contributed by atoms with van der Waals surface area (Å²) in [5.74, 6) is 0.778. The minimum absolute atomic E-state index is 0.241.